The molecule has 2 aliphatic rings. The summed E-state index contributed by atoms with van der Waals surface area (Å²) in [6, 6.07) is 10.1. The number of methoxy groups -OCH3 is 1. The Morgan fingerprint density at radius 3 is 2.36 bits per heavy atom. The van der Waals surface area contributed by atoms with E-state index in [1.54, 1.807) is 11.8 Å². The molecule has 0 aliphatic carbocycles. The largest absolute Gasteiger partial charge is 0.481 e. The number of nitrogens with one attached hydrogen (secondary N) is 1. The van der Waals surface area contributed by atoms with Crippen LogP contribution >= 0.6 is 0 Å². The Kier molecular flexibility index (Phi) is 7.61. The first kappa shape index (κ1) is 25.7. The van der Waals surface area contributed by atoms with E-state index in [9.17, 15) is 18.4 Å². The number of hydrogen-bond acceptors (Lipinski definition) is 5. The highest BCUT2D eigenvalue weighted by Crippen LogP contribution is 2.41. The predicted octanol–water partition coefficient (Wildman–Crippen LogP) is 5.40. The molecule has 2 saturated heterocycles. The van der Waals surface area contributed by atoms with Gasteiger partial charge in [0, 0.05) is 36.8 Å². The number of para-hydroxylation sites is 1. The van der Waals surface area contributed by atoms with E-state index in [1.807, 2.05) is 29.2 Å². The number of piperidine rings is 1. The van der Waals surface area contributed by atoms with Crippen LogP contribution in [0.5, 0.6) is 11.8 Å². The van der Waals surface area contributed by atoms with E-state index >= 15 is 0 Å². The van der Waals surface area contributed by atoms with Gasteiger partial charge in [0.15, 0.2) is 0 Å². The van der Waals surface area contributed by atoms with Gasteiger partial charge >= 0.3 is 12.6 Å². The maximum absolute atomic E-state index is 13.9. The highest BCUT2D eigenvalue weighted by atomic mass is 19.3. The molecule has 8 nitrogen and oxygen atoms in total. The minimum Gasteiger partial charge on any atom is -0.481 e. The van der Waals surface area contributed by atoms with Crippen LogP contribution in [-0.2, 0) is 4.79 Å². The molecule has 0 saturated carbocycles. The van der Waals surface area contributed by atoms with Crippen LogP contribution in [0.25, 0.3) is 0 Å². The summed E-state index contributed by atoms with van der Waals surface area (Å²) >= 11 is 0. The third kappa shape index (κ3) is 5.22. The van der Waals surface area contributed by atoms with Gasteiger partial charge in [-0.1, -0.05) is 32.0 Å². The number of anilines is 2. The molecule has 36 heavy (non-hydrogen) atoms. The number of carbonyl (C=O) groups excluding carboxylic acids is 2. The molecule has 2 aromatic rings. The SMILES string of the molecule is COc1ccc(NC(=O)N(c2ccccc2C(C)C)C2C[C@H]3CC[C@@H](C2)N3C(C)=O)c(OC(F)F)n1. The third-order valence-corrected chi connectivity index (χ3v) is 6.96. The quantitative estimate of drug-likeness (QED) is 0.549. The van der Waals surface area contributed by atoms with Gasteiger partial charge in [0.1, 0.15) is 5.69 Å². The molecule has 2 fully saturated rings. The molecule has 4 rings (SSSR count). The molecule has 3 amide bonds. The van der Waals surface area contributed by atoms with Gasteiger partial charge in [0.2, 0.25) is 17.7 Å². The minimum atomic E-state index is -3.12. The number of nitrogens with zero attached hydrogens (tertiary/aromatic N) is 3. The number of alkyl halides is 2. The number of carbonyl (C=O) groups is 2. The van der Waals surface area contributed by atoms with E-state index in [1.165, 1.54) is 19.2 Å². The lowest BCUT2D eigenvalue weighted by molar-refractivity contribution is -0.133. The van der Waals surface area contributed by atoms with Crippen molar-refractivity contribution in [2.75, 3.05) is 17.3 Å². The van der Waals surface area contributed by atoms with Crippen LogP contribution in [0.4, 0.5) is 25.0 Å². The number of aromatic nitrogens is 1. The highest BCUT2D eigenvalue weighted by Gasteiger charge is 2.45. The number of hydrogen-bond donors (Lipinski definition) is 1. The lowest BCUT2D eigenvalue weighted by Crippen LogP contribution is -2.54. The van der Waals surface area contributed by atoms with Crippen molar-refractivity contribution >= 4 is 23.3 Å². The van der Waals surface area contributed by atoms with Gasteiger partial charge in [0.25, 0.3) is 0 Å². The van der Waals surface area contributed by atoms with Gasteiger partial charge in [-0.25, -0.2) is 4.79 Å². The van der Waals surface area contributed by atoms with Crippen LogP contribution in [0.2, 0.25) is 0 Å². The summed E-state index contributed by atoms with van der Waals surface area (Å²) in [7, 11) is 1.36. The standard InChI is InChI=1S/C26H32F2N4O4/c1-15(2)20-7-5-6-8-22(20)32(19-13-17-9-10-18(14-19)31(17)16(3)33)26(34)29-21-11-12-23(35-4)30-24(21)36-25(27)28/h5-8,11-12,15,17-19,25H,9-10,13-14H2,1-4H3,(H,29,34)/t17-,18+,19?. The lowest BCUT2D eigenvalue weighted by Gasteiger charge is -2.43. The van der Waals surface area contributed by atoms with Gasteiger partial charge in [-0.05, 0) is 49.3 Å². The van der Waals surface area contributed by atoms with Gasteiger partial charge in [-0.15, -0.1) is 0 Å². The fraction of sp³-hybridized carbons (Fsp3) is 0.500. The van der Waals surface area contributed by atoms with Crippen molar-refractivity contribution in [2.24, 2.45) is 0 Å². The van der Waals surface area contributed by atoms with Crippen molar-refractivity contribution < 1.29 is 27.8 Å². The number of halogens is 2. The Morgan fingerprint density at radius 2 is 1.78 bits per heavy atom. The number of benzene rings is 1. The summed E-state index contributed by atoms with van der Waals surface area (Å²) in [4.78, 5) is 33.7. The summed E-state index contributed by atoms with van der Waals surface area (Å²) in [5.41, 5.74) is 1.76. The monoisotopic (exact) mass is 502 g/mol. The topological polar surface area (TPSA) is 84.0 Å². The average Bonchev–Trinajstić information content (AvgIpc) is 3.11. The van der Waals surface area contributed by atoms with Crippen molar-refractivity contribution in [1.29, 1.82) is 0 Å². The molecular weight excluding hydrogens is 470 g/mol. The van der Waals surface area contributed by atoms with Gasteiger partial charge in [0.05, 0.1) is 7.11 Å². The first-order valence-electron chi connectivity index (χ1n) is 12.2. The summed E-state index contributed by atoms with van der Waals surface area (Å²) in [6.45, 7) is 2.58. The van der Waals surface area contributed by atoms with Gasteiger partial charge in [-0.2, -0.15) is 13.8 Å². The smallest absolute Gasteiger partial charge is 0.388 e. The molecular formula is C26H32F2N4O4. The summed E-state index contributed by atoms with van der Waals surface area (Å²) < 4.78 is 35.7. The Balaban J connectivity index is 1.70. The van der Waals surface area contributed by atoms with Crippen LogP contribution in [-0.4, -0.2) is 53.7 Å². The maximum Gasteiger partial charge on any atom is 0.388 e. The van der Waals surface area contributed by atoms with Crippen molar-refractivity contribution in [3.05, 3.63) is 42.0 Å². The fourth-order valence-corrected chi connectivity index (χ4v) is 5.52. The maximum atomic E-state index is 13.9. The Labute approximate surface area is 209 Å². The summed E-state index contributed by atoms with van der Waals surface area (Å²) in [6.07, 6.45) is 3.07. The molecule has 10 heteroatoms. The van der Waals surface area contributed by atoms with Crippen molar-refractivity contribution in [2.45, 2.75) is 77.1 Å². The number of pyridine rings is 1. The lowest BCUT2D eigenvalue weighted by atomic mass is 9.93. The number of urea groups is 1. The molecule has 1 N–H and O–H groups in total. The second-order valence-electron chi connectivity index (χ2n) is 9.54. The molecule has 0 spiro atoms. The molecule has 0 radical (unpaired) electrons. The number of amides is 3. The number of ether oxygens (including phenoxy) is 2. The van der Waals surface area contributed by atoms with Crippen molar-refractivity contribution in [3.8, 4) is 11.8 Å². The first-order chi connectivity index (χ1) is 17.2. The summed E-state index contributed by atoms with van der Waals surface area (Å²) in [5, 5.41) is 2.74. The highest BCUT2D eigenvalue weighted by molar-refractivity contribution is 6.03. The second kappa shape index (κ2) is 10.7. The van der Waals surface area contributed by atoms with Crippen LogP contribution in [0.1, 0.15) is 57.9 Å². The zero-order valence-electron chi connectivity index (χ0n) is 20.9. The molecule has 1 unspecified atom stereocenters. The number of fused-ring (bicyclic) bond motifs is 2. The Bertz CT molecular complexity index is 1100. The van der Waals surface area contributed by atoms with E-state index < -0.39 is 18.5 Å². The van der Waals surface area contributed by atoms with Crippen LogP contribution in [0.3, 0.4) is 0 Å². The molecule has 2 aliphatic heterocycles. The minimum absolute atomic E-state index is 0.0114. The second-order valence-corrected chi connectivity index (χ2v) is 9.54. The van der Waals surface area contributed by atoms with E-state index in [0.717, 1.165) is 24.1 Å². The van der Waals surface area contributed by atoms with E-state index in [0.29, 0.717) is 12.8 Å². The Morgan fingerprint density at radius 1 is 1.11 bits per heavy atom. The van der Waals surface area contributed by atoms with Gasteiger partial charge in [-0.3, -0.25) is 9.69 Å². The third-order valence-electron chi connectivity index (χ3n) is 6.96. The molecule has 3 atom stereocenters. The van der Waals surface area contributed by atoms with E-state index in [4.69, 9.17) is 4.74 Å². The molecule has 3 heterocycles. The fourth-order valence-electron chi connectivity index (χ4n) is 5.52. The molecule has 2 bridgehead atoms. The molecule has 194 valence electrons. The van der Waals surface area contributed by atoms with E-state index in [-0.39, 0.29) is 41.5 Å². The van der Waals surface area contributed by atoms with Crippen LogP contribution < -0.4 is 19.7 Å². The zero-order valence-corrected chi connectivity index (χ0v) is 20.9. The van der Waals surface area contributed by atoms with Crippen LogP contribution in [0.15, 0.2) is 36.4 Å². The van der Waals surface area contributed by atoms with E-state index in [2.05, 4.69) is 28.9 Å². The number of rotatable bonds is 7. The first-order valence-corrected chi connectivity index (χ1v) is 12.2. The summed E-state index contributed by atoms with van der Waals surface area (Å²) in [5.74, 6) is -0.149. The predicted molar refractivity (Wildman–Crippen MR) is 132 cm³/mol. The normalized spacial score (nSPS) is 21.0. The Hall–Kier alpha value is -3.43. The molecule has 1 aromatic heterocycles. The van der Waals surface area contributed by atoms with Crippen molar-refractivity contribution in [1.82, 2.24) is 9.88 Å². The van der Waals surface area contributed by atoms with Crippen molar-refractivity contribution in [3.63, 3.8) is 0 Å². The van der Waals surface area contributed by atoms with Crippen LogP contribution in [0, 0.1) is 0 Å². The zero-order chi connectivity index (χ0) is 26.0. The van der Waals surface area contributed by atoms with Gasteiger partial charge < -0.3 is 19.7 Å². The average molecular weight is 503 g/mol. The molecule has 1 aromatic carbocycles.